The number of halogens is 2. The monoisotopic (exact) mass is 274 g/mol. The van der Waals surface area contributed by atoms with Gasteiger partial charge in [-0.05, 0) is 6.42 Å². The van der Waals surface area contributed by atoms with Crippen molar-refractivity contribution in [1.82, 2.24) is 0 Å². The van der Waals surface area contributed by atoms with Crippen LogP contribution in [-0.4, -0.2) is 17.9 Å². The Morgan fingerprint density at radius 2 is 1.54 bits per heavy atom. The zero-order valence-electron chi connectivity index (χ0n) is 6.63. The van der Waals surface area contributed by atoms with Gasteiger partial charge in [-0.1, -0.05) is 0 Å². The van der Waals surface area contributed by atoms with E-state index in [1.54, 1.807) is 0 Å². The number of hydrogen-bond acceptors (Lipinski definition) is 3. The van der Waals surface area contributed by atoms with Crippen molar-refractivity contribution in [3.05, 3.63) is 0 Å². The van der Waals surface area contributed by atoms with Gasteiger partial charge >= 0.3 is 16.8 Å². The summed E-state index contributed by atoms with van der Waals surface area (Å²) in [5, 5.41) is 0. The fraction of sp³-hybridized carbons (Fsp3) is 0.600. The Balaban J connectivity index is -0.000000135. The first-order valence-corrected chi connectivity index (χ1v) is 2.87. The molecule has 0 rings (SSSR count). The number of rotatable bonds is 4. The van der Waals surface area contributed by atoms with E-state index in [1.807, 2.05) is 0 Å². The van der Waals surface area contributed by atoms with Gasteiger partial charge in [-0.2, -0.15) is 0 Å². The van der Waals surface area contributed by atoms with Crippen molar-refractivity contribution < 1.29 is 51.2 Å². The molecule has 13 heavy (non-hydrogen) atoms. The van der Waals surface area contributed by atoms with Crippen LogP contribution in [-0.2, 0) is 26.4 Å². The third kappa shape index (κ3) is 14.8. The van der Waals surface area contributed by atoms with Crippen molar-refractivity contribution in [2.45, 2.75) is 18.9 Å². The molecule has 0 aliphatic rings. The average Bonchev–Trinajstić information content (AvgIpc) is 1.82. The number of carbonyl (C=O) groups excluding carboxylic acids is 2. The summed E-state index contributed by atoms with van der Waals surface area (Å²) in [6.07, 6.45) is 0.328. The molecule has 1 radical (unpaired) electrons. The van der Waals surface area contributed by atoms with Crippen molar-refractivity contribution in [3.8, 4) is 0 Å². The molecule has 0 aromatic heterocycles. The molecule has 0 aromatic carbocycles. The summed E-state index contributed by atoms with van der Waals surface area (Å²) >= 11 is 0. The Morgan fingerprint density at radius 1 is 1.15 bits per heavy atom. The van der Waals surface area contributed by atoms with Crippen molar-refractivity contribution in [2.24, 2.45) is 17.2 Å². The Bertz CT molecular complexity index is 159. The Labute approximate surface area is 99.2 Å². The van der Waals surface area contributed by atoms with E-state index in [4.69, 9.17) is 17.2 Å². The van der Waals surface area contributed by atoms with E-state index in [0.29, 0.717) is 0 Å². The minimum absolute atomic E-state index is 0. The fourth-order valence-corrected chi connectivity index (χ4v) is 0.440. The van der Waals surface area contributed by atoms with Gasteiger partial charge < -0.3 is 42.0 Å². The van der Waals surface area contributed by atoms with Crippen LogP contribution in [0.1, 0.15) is 12.8 Å². The standard InChI is InChI=1S/C5H11N3O2.2ClH.Co/c6-3(5(8)10)1-2-4(7)9;;;/h3H,1-2,6H2,(H2,7,9)(H2,8,10);2*1H;/q;;;+2/p-2/t3-;;;/m0.../s1. The molecule has 5 nitrogen and oxygen atoms in total. The molecule has 0 aromatic rings. The van der Waals surface area contributed by atoms with Gasteiger partial charge in [-0.3, -0.25) is 9.59 Å². The maximum Gasteiger partial charge on any atom is 2.00 e. The SMILES string of the molecule is NC(=O)CC[C@H](N)C(N)=O.[Cl-].[Cl-].[Co+2]. The summed E-state index contributed by atoms with van der Waals surface area (Å²) in [6.45, 7) is 0. The van der Waals surface area contributed by atoms with Crippen LogP contribution in [0.15, 0.2) is 0 Å². The molecule has 0 fully saturated rings. The van der Waals surface area contributed by atoms with Crippen molar-refractivity contribution in [2.75, 3.05) is 0 Å². The van der Waals surface area contributed by atoms with Crippen LogP contribution < -0.4 is 42.0 Å². The normalized spacial score (nSPS) is 9.62. The topological polar surface area (TPSA) is 112 Å². The van der Waals surface area contributed by atoms with Gasteiger partial charge in [0, 0.05) is 6.42 Å². The van der Waals surface area contributed by atoms with E-state index in [0.717, 1.165) is 0 Å². The summed E-state index contributed by atoms with van der Waals surface area (Å²) < 4.78 is 0. The number of primary amides is 2. The molecule has 0 aliphatic carbocycles. The van der Waals surface area contributed by atoms with E-state index >= 15 is 0 Å². The average molecular weight is 275 g/mol. The van der Waals surface area contributed by atoms with Gasteiger partial charge in [-0.15, -0.1) is 0 Å². The third-order valence-electron chi connectivity index (χ3n) is 1.07. The molecule has 0 saturated carbocycles. The first-order valence-electron chi connectivity index (χ1n) is 2.87. The van der Waals surface area contributed by atoms with E-state index in [-0.39, 0.29) is 54.4 Å². The second-order valence-corrected chi connectivity index (χ2v) is 2.01. The maximum atomic E-state index is 10.3. The van der Waals surface area contributed by atoms with Gasteiger partial charge in [0.25, 0.3) is 0 Å². The van der Waals surface area contributed by atoms with Crippen LogP contribution in [0.2, 0.25) is 0 Å². The van der Waals surface area contributed by atoms with Gasteiger partial charge in [-0.25, -0.2) is 0 Å². The molecular formula is C5H11Cl2CoN3O2. The van der Waals surface area contributed by atoms with E-state index in [2.05, 4.69) is 0 Å². The smallest absolute Gasteiger partial charge is 1.00 e. The summed E-state index contributed by atoms with van der Waals surface area (Å²) in [4.78, 5) is 20.4. The van der Waals surface area contributed by atoms with Crippen molar-refractivity contribution in [3.63, 3.8) is 0 Å². The third-order valence-corrected chi connectivity index (χ3v) is 1.07. The second kappa shape index (κ2) is 12.0. The molecule has 0 heterocycles. The molecule has 6 N–H and O–H groups in total. The Morgan fingerprint density at radius 3 is 1.77 bits per heavy atom. The first-order chi connectivity index (χ1) is 4.54. The quantitative estimate of drug-likeness (QED) is 0.473. The largest absolute Gasteiger partial charge is 2.00 e. The van der Waals surface area contributed by atoms with Crippen molar-refractivity contribution in [1.29, 1.82) is 0 Å². The minimum Gasteiger partial charge on any atom is -1.00 e. The van der Waals surface area contributed by atoms with E-state index in [1.165, 1.54) is 0 Å². The first kappa shape index (κ1) is 23.1. The molecular weight excluding hydrogens is 264 g/mol. The number of amides is 2. The molecule has 0 spiro atoms. The second-order valence-electron chi connectivity index (χ2n) is 2.01. The zero-order valence-corrected chi connectivity index (χ0v) is 9.18. The summed E-state index contributed by atoms with van der Waals surface area (Å²) in [7, 11) is 0. The predicted molar refractivity (Wildman–Crippen MR) is 35.6 cm³/mol. The van der Waals surface area contributed by atoms with Crippen LogP contribution in [0.4, 0.5) is 0 Å². The number of hydrogen-bond donors (Lipinski definition) is 3. The number of carbonyl (C=O) groups is 2. The predicted octanol–water partition coefficient (Wildman–Crippen LogP) is -7.93. The Hall–Kier alpha value is -0.0135. The molecule has 8 heteroatoms. The van der Waals surface area contributed by atoms with Crippen molar-refractivity contribution >= 4 is 11.8 Å². The summed E-state index contributed by atoms with van der Waals surface area (Å²) in [5.74, 6) is -1.09. The molecule has 1 atom stereocenters. The van der Waals surface area contributed by atoms with Crippen LogP contribution >= 0.6 is 0 Å². The van der Waals surface area contributed by atoms with Crippen LogP contribution in [0, 0.1) is 0 Å². The summed E-state index contributed by atoms with van der Waals surface area (Å²) in [6, 6.07) is -0.757. The van der Waals surface area contributed by atoms with Gasteiger partial charge in [0.15, 0.2) is 0 Å². The van der Waals surface area contributed by atoms with Crippen LogP contribution in [0.3, 0.4) is 0 Å². The Kier molecular flexibility index (Phi) is 21.3. The van der Waals surface area contributed by atoms with Gasteiger partial charge in [0.1, 0.15) is 0 Å². The molecule has 0 unspecified atom stereocenters. The van der Waals surface area contributed by atoms with Gasteiger partial charge in [0.2, 0.25) is 11.8 Å². The van der Waals surface area contributed by atoms with Gasteiger partial charge in [0.05, 0.1) is 6.04 Å². The molecule has 0 saturated heterocycles. The molecule has 0 bridgehead atoms. The minimum atomic E-state index is -0.757. The summed E-state index contributed by atoms with van der Waals surface area (Å²) in [5.41, 5.74) is 14.8. The molecule has 2 amide bonds. The molecule has 81 valence electrons. The van der Waals surface area contributed by atoms with E-state index < -0.39 is 17.9 Å². The van der Waals surface area contributed by atoms with Crippen LogP contribution in [0.5, 0.6) is 0 Å². The van der Waals surface area contributed by atoms with E-state index in [9.17, 15) is 9.59 Å². The maximum absolute atomic E-state index is 10.3. The van der Waals surface area contributed by atoms with Crippen LogP contribution in [0.25, 0.3) is 0 Å². The zero-order chi connectivity index (χ0) is 8.15. The fourth-order valence-electron chi connectivity index (χ4n) is 0.440. The molecule has 0 aliphatic heterocycles. The number of nitrogens with two attached hydrogens (primary N) is 3.